The van der Waals surface area contributed by atoms with E-state index >= 15 is 0 Å². The van der Waals surface area contributed by atoms with E-state index in [1.165, 1.54) is 0 Å². The van der Waals surface area contributed by atoms with Gasteiger partial charge in [0, 0.05) is 17.3 Å². The minimum Gasteiger partial charge on any atom is -0.392 e. The Bertz CT molecular complexity index is 233. The largest absolute Gasteiger partial charge is 0.392 e. The summed E-state index contributed by atoms with van der Waals surface area (Å²) in [5, 5.41) is 12.8. The molecular weight excluding hydrogens is 174 g/mol. The second-order valence-corrected chi connectivity index (χ2v) is 3.17. The van der Waals surface area contributed by atoms with Gasteiger partial charge in [0.1, 0.15) is 0 Å². The number of nitrogens with one attached hydrogen (secondary N) is 1. The first kappa shape index (κ1) is 9.36. The van der Waals surface area contributed by atoms with E-state index in [0.717, 1.165) is 10.7 Å². The molecule has 0 bridgehead atoms. The molecule has 2 nitrogen and oxygen atoms in total. The predicted octanol–water partition coefficient (Wildman–Crippen LogP) is 2.13. The highest BCUT2D eigenvalue weighted by atomic mass is 35.5. The summed E-state index contributed by atoms with van der Waals surface area (Å²) in [5.41, 5.74) is 0.973. The van der Waals surface area contributed by atoms with E-state index in [-0.39, 0.29) is 6.10 Å². The van der Waals surface area contributed by atoms with Crippen LogP contribution in [0.5, 0.6) is 0 Å². The van der Waals surface area contributed by atoms with Gasteiger partial charge in [0.2, 0.25) is 0 Å². The van der Waals surface area contributed by atoms with Crippen molar-refractivity contribution in [2.75, 3.05) is 11.9 Å². The molecule has 1 aromatic carbocycles. The van der Waals surface area contributed by atoms with Crippen LogP contribution in [0.4, 0.5) is 5.69 Å². The Balaban J connectivity index is 2.48. The lowest BCUT2D eigenvalue weighted by Gasteiger charge is -2.07. The fourth-order valence-electron chi connectivity index (χ4n) is 0.833. The molecule has 0 radical (unpaired) electrons. The van der Waals surface area contributed by atoms with Gasteiger partial charge in [0.25, 0.3) is 0 Å². The Morgan fingerprint density at radius 2 is 2.00 bits per heavy atom. The standard InChI is InChI=1S/C9H12ClNO/c1-7(12)6-11-9-4-2-8(10)3-5-9/h2-5,7,11-12H,6H2,1H3/t7-/m0/s1. The molecule has 1 rings (SSSR count). The fourth-order valence-corrected chi connectivity index (χ4v) is 0.959. The lowest BCUT2D eigenvalue weighted by atomic mass is 10.3. The maximum atomic E-state index is 8.98. The molecule has 2 N–H and O–H groups in total. The van der Waals surface area contributed by atoms with E-state index in [4.69, 9.17) is 16.7 Å². The highest BCUT2D eigenvalue weighted by molar-refractivity contribution is 6.30. The van der Waals surface area contributed by atoms with Crippen LogP contribution in [0.25, 0.3) is 0 Å². The quantitative estimate of drug-likeness (QED) is 0.756. The van der Waals surface area contributed by atoms with Crippen LogP contribution in [-0.4, -0.2) is 17.8 Å². The predicted molar refractivity (Wildman–Crippen MR) is 51.6 cm³/mol. The lowest BCUT2D eigenvalue weighted by Crippen LogP contribution is -2.15. The number of anilines is 1. The molecule has 1 atom stereocenters. The SMILES string of the molecule is C[C@H](O)CNc1ccc(Cl)cc1. The van der Waals surface area contributed by atoms with Crippen molar-refractivity contribution < 1.29 is 5.11 Å². The van der Waals surface area contributed by atoms with Gasteiger partial charge in [0.15, 0.2) is 0 Å². The fraction of sp³-hybridized carbons (Fsp3) is 0.333. The van der Waals surface area contributed by atoms with E-state index < -0.39 is 0 Å². The van der Waals surface area contributed by atoms with Crippen molar-refractivity contribution >= 4 is 17.3 Å². The topological polar surface area (TPSA) is 32.3 Å². The zero-order valence-corrected chi connectivity index (χ0v) is 7.67. The van der Waals surface area contributed by atoms with E-state index in [9.17, 15) is 0 Å². The van der Waals surface area contributed by atoms with E-state index in [1.54, 1.807) is 6.92 Å². The second-order valence-electron chi connectivity index (χ2n) is 2.74. The van der Waals surface area contributed by atoms with Crippen molar-refractivity contribution in [3.63, 3.8) is 0 Å². The lowest BCUT2D eigenvalue weighted by molar-refractivity contribution is 0.208. The highest BCUT2D eigenvalue weighted by Gasteiger charge is 1.95. The minimum absolute atomic E-state index is 0.333. The molecule has 66 valence electrons. The van der Waals surface area contributed by atoms with E-state index in [1.807, 2.05) is 24.3 Å². The molecule has 0 spiro atoms. The van der Waals surface area contributed by atoms with Gasteiger partial charge in [-0.3, -0.25) is 0 Å². The smallest absolute Gasteiger partial charge is 0.0684 e. The summed E-state index contributed by atoms with van der Waals surface area (Å²) in [6.07, 6.45) is -0.333. The molecule has 3 heteroatoms. The molecule has 0 saturated carbocycles. The molecule has 0 aliphatic heterocycles. The van der Waals surface area contributed by atoms with Crippen LogP contribution in [0.15, 0.2) is 24.3 Å². The van der Waals surface area contributed by atoms with Gasteiger partial charge in [-0.15, -0.1) is 0 Å². The Hall–Kier alpha value is -0.730. The maximum absolute atomic E-state index is 8.98. The van der Waals surface area contributed by atoms with Crippen molar-refractivity contribution in [1.29, 1.82) is 0 Å². The van der Waals surface area contributed by atoms with E-state index in [2.05, 4.69) is 5.32 Å². The molecule has 12 heavy (non-hydrogen) atoms. The Morgan fingerprint density at radius 3 is 2.50 bits per heavy atom. The summed E-state index contributed by atoms with van der Waals surface area (Å²) in [7, 11) is 0. The monoisotopic (exact) mass is 185 g/mol. The number of rotatable bonds is 3. The number of aliphatic hydroxyl groups is 1. The Labute approximate surface area is 77.2 Å². The number of aliphatic hydroxyl groups excluding tert-OH is 1. The van der Waals surface area contributed by atoms with Gasteiger partial charge in [-0.25, -0.2) is 0 Å². The summed E-state index contributed by atoms with van der Waals surface area (Å²) >= 11 is 5.70. The van der Waals surface area contributed by atoms with Gasteiger partial charge in [-0.05, 0) is 31.2 Å². The molecule has 1 aromatic rings. The normalized spacial score (nSPS) is 12.6. The summed E-state index contributed by atoms with van der Waals surface area (Å²) < 4.78 is 0. The Kier molecular flexibility index (Phi) is 3.38. The van der Waals surface area contributed by atoms with Gasteiger partial charge in [0.05, 0.1) is 6.10 Å². The summed E-state index contributed by atoms with van der Waals surface area (Å²) in [4.78, 5) is 0. The van der Waals surface area contributed by atoms with Crippen molar-refractivity contribution in [3.8, 4) is 0 Å². The molecule has 0 heterocycles. The molecule has 0 aliphatic rings. The molecule has 0 aromatic heterocycles. The summed E-state index contributed by atoms with van der Waals surface area (Å²) in [6.45, 7) is 2.30. The average molecular weight is 186 g/mol. The van der Waals surface area contributed by atoms with Crippen molar-refractivity contribution in [2.24, 2.45) is 0 Å². The van der Waals surface area contributed by atoms with Crippen molar-refractivity contribution in [2.45, 2.75) is 13.0 Å². The van der Waals surface area contributed by atoms with Crippen molar-refractivity contribution in [1.82, 2.24) is 0 Å². The summed E-state index contributed by atoms with van der Waals surface area (Å²) in [6, 6.07) is 7.38. The third kappa shape index (κ3) is 3.11. The molecule has 0 unspecified atom stereocenters. The average Bonchev–Trinajstić information content (AvgIpc) is 2.03. The first-order chi connectivity index (χ1) is 5.68. The van der Waals surface area contributed by atoms with E-state index in [0.29, 0.717) is 6.54 Å². The molecule has 0 fully saturated rings. The third-order valence-corrected chi connectivity index (χ3v) is 1.70. The van der Waals surface area contributed by atoms with Gasteiger partial charge in [-0.2, -0.15) is 0 Å². The molecule has 0 aliphatic carbocycles. The first-order valence-corrected chi connectivity index (χ1v) is 4.24. The minimum atomic E-state index is -0.333. The van der Waals surface area contributed by atoms with Crippen LogP contribution in [0.1, 0.15) is 6.92 Å². The second kappa shape index (κ2) is 4.33. The zero-order chi connectivity index (χ0) is 8.97. The maximum Gasteiger partial charge on any atom is 0.0684 e. The van der Waals surface area contributed by atoms with Gasteiger partial charge >= 0.3 is 0 Å². The summed E-state index contributed by atoms with van der Waals surface area (Å²) in [5.74, 6) is 0. The number of halogens is 1. The van der Waals surface area contributed by atoms with Crippen LogP contribution in [0, 0.1) is 0 Å². The van der Waals surface area contributed by atoms with Crippen LogP contribution in [0.2, 0.25) is 5.02 Å². The molecule has 0 saturated heterocycles. The van der Waals surface area contributed by atoms with Crippen LogP contribution in [0.3, 0.4) is 0 Å². The highest BCUT2D eigenvalue weighted by Crippen LogP contribution is 2.12. The number of hydrogen-bond acceptors (Lipinski definition) is 2. The van der Waals surface area contributed by atoms with Gasteiger partial charge in [-0.1, -0.05) is 11.6 Å². The van der Waals surface area contributed by atoms with Crippen molar-refractivity contribution in [3.05, 3.63) is 29.3 Å². The molecular formula is C9H12ClNO. The third-order valence-electron chi connectivity index (χ3n) is 1.45. The number of benzene rings is 1. The Morgan fingerprint density at radius 1 is 1.42 bits per heavy atom. The van der Waals surface area contributed by atoms with Crippen LogP contribution in [-0.2, 0) is 0 Å². The first-order valence-electron chi connectivity index (χ1n) is 3.86. The van der Waals surface area contributed by atoms with Crippen LogP contribution < -0.4 is 5.32 Å². The van der Waals surface area contributed by atoms with Crippen LogP contribution >= 0.6 is 11.6 Å². The van der Waals surface area contributed by atoms with Gasteiger partial charge < -0.3 is 10.4 Å². The molecule has 0 amide bonds. The number of hydrogen-bond donors (Lipinski definition) is 2. The zero-order valence-electron chi connectivity index (χ0n) is 6.92.